The van der Waals surface area contributed by atoms with Gasteiger partial charge in [0.15, 0.2) is 0 Å². The van der Waals surface area contributed by atoms with Crippen LogP contribution in [0.3, 0.4) is 0 Å². The van der Waals surface area contributed by atoms with Crippen molar-refractivity contribution in [2.75, 3.05) is 5.32 Å². The second kappa shape index (κ2) is 5.85. The topological polar surface area (TPSA) is 52.9 Å². The largest absolute Gasteiger partial charge is 0.321 e. The molecule has 2 rings (SSSR count). The molecule has 0 aliphatic rings. The summed E-state index contributed by atoms with van der Waals surface area (Å²) in [6, 6.07) is 11.2. The van der Waals surface area contributed by atoms with E-state index in [2.05, 4.69) is 21.2 Å². The number of carbonyl (C=O) groups is 1. The highest BCUT2D eigenvalue weighted by Crippen LogP contribution is 2.22. The van der Waals surface area contributed by atoms with Gasteiger partial charge >= 0.3 is 0 Å². The molecule has 2 aromatic carbocycles. The number of benzene rings is 2. The molecule has 0 radical (unpaired) electrons. The van der Waals surface area contributed by atoms with Crippen molar-refractivity contribution in [1.29, 1.82) is 5.26 Å². The Morgan fingerprint density at radius 2 is 2.05 bits per heavy atom. The molecule has 0 unspecified atom stereocenters. The van der Waals surface area contributed by atoms with Gasteiger partial charge in [0.1, 0.15) is 11.9 Å². The van der Waals surface area contributed by atoms with Crippen LogP contribution in [0.25, 0.3) is 0 Å². The van der Waals surface area contributed by atoms with Crippen molar-refractivity contribution in [2.45, 2.75) is 6.92 Å². The summed E-state index contributed by atoms with van der Waals surface area (Å²) in [6.45, 7) is 1.74. The first-order valence-electron chi connectivity index (χ1n) is 5.78. The fourth-order valence-electron chi connectivity index (χ4n) is 1.71. The van der Waals surface area contributed by atoms with Crippen LogP contribution >= 0.6 is 15.9 Å². The molecule has 0 heterocycles. The van der Waals surface area contributed by atoms with E-state index in [9.17, 15) is 9.18 Å². The lowest BCUT2D eigenvalue weighted by Gasteiger charge is -2.08. The maximum atomic E-state index is 13.7. The molecule has 0 fully saturated rings. The zero-order valence-electron chi connectivity index (χ0n) is 10.6. The Bertz CT molecular complexity index is 722. The highest BCUT2D eigenvalue weighted by Gasteiger charge is 2.13. The highest BCUT2D eigenvalue weighted by molar-refractivity contribution is 9.10. The lowest BCUT2D eigenvalue weighted by Crippen LogP contribution is -2.14. The highest BCUT2D eigenvalue weighted by atomic mass is 79.9. The molecule has 0 aliphatic heterocycles. The number of halogens is 2. The maximum absolute atomic E-state index is 13.7. The molecule has 2 aromatic rings. The molecule has 3 nitrogen and oxygen atoms in total. The van der Waals surface area contributed by atoms with Crippen LogP contribution in [0.4, 0.5) is 10.1 Å². The summed E-state index contributed by atoms with van der Waals surface area (Å²) in [5.74, 6) is -1.17. The van der Waals surface area contributed by atoms with Crippen molar-refractivity contribution in [3.05, 3.63) is 63.4 Å². The molecule has 0 saturated carbocycles. The summed E-state index contributed by atoms with van der Waals surface area (Å²) in [4.78, 5) is 12.0. The fourth-order valence-corrected chi connectivity index (χ4v) is 2.07. The molecule has 0 spiro atoms. The average molecular weight is 333 g/mol. The van der Waals surface area contributed by atoms with Crippen LogP contribution in [0.15, 0.2) is 40.9 Å². The third-order valence-corrected chi connectivity index (χ3v) is 3.21. The molecule has 100 valence electrons. The van der Waals surface area contributed by atoms with E-state index in [4.69, 9.17) is 5.26 Å². The Morgan fingerprint density at radius 1 is 1.30 bits per heavy atom. The van der Waals surface area contributed by atoms with Crippen molar-refractivity contribution < 1.29 is 9.18 Å². The summed E-state index contributed by atoms with van der Waals surface area (Å²) in [6.07, 6.45) is 0. The third kappa shape index (κ3) is 3.03. The summed E-state index contributed by atoms with van der Waals surface area (Å²) in [7, 11) is 0. The molecule has 1 amide bonds. The molecule has 0 bridgehead atoms. The van der Waals surface area contributed by atoms with E-state index in [-0.39, 0.29) is 5.56 Å². The number of nitrogens with zero attached hydrogens (tertiary/aromatic N) is 1. The fraction of sp³-hybridized carbons (Fsp3) is 0.0667. The average Bonchev–Trinajstić information content (AvgIpc) is 2.38. The van der Waals surface area contributed by atoms with Crippen molar-refractivity contribution in [1.82, 2.24) is 0 Å². The molecular formula is C15H10BrFN2O. The van der Waals surface area contributed by atoms with Crippen LogP contribution in [-0.4, -0.2) is 5.91 Å². The van der Waals surface area contributed by atoms with Crippen LogP contribution in [0.2, 0.25) is 0 Å². The molecule has 0 saturated heterocycles. The molecule has 5 heteroatoms. The predicted molar refractivity (Wildman–Crippen MR) is 77.9 cm³/mol. The van der Waals surface area contributed by atoms with E-state index in [0.717, 1.165) is 10.0 Å². The summed E-state index contributed by atoms with van der Waals surface area (Å²) >= 11 is 3.26. The number of hydrogen-bond donors (Lipinski definition) is 1. The van der Waals surface area contributed by atoms with Gasteiger partial charge < -0.3 is 5.32 Å². The summed E-state index contributed by atoms with van der Waals surface area (Å²) in [5, 5.41) is 11.5. The number of rotatable bonds is 2. The van der Waals surface area contributed by atoms with Crippen molar-refractivity contribution in [2.24, 2.45) is 0 Å². The molecule has 0 aromatic heterocycles. The van der Waals surface area contributed by atoms with Gasteiger partial charge in [-0.05, 0) is 42.8 Å². The van der Waals surface area contributed by atoms with E-state index in [1.807, 2.05) is 6.07 Å². The van der Waals surface area contributed by atoms with Crippen molar-refractivity contribution in [3.8, 4) is 6.07 Å². The number of nitrogens with one attached hydrogen (secondary N) is 1. The first-order chi connectivity index (χ1) is 9.51. The van der Waals surface area contributed by atoms with Gasteiger partial charge in [-0.2, -0.15) is 5.26 Å². The number of anilines is 1. The van der Waals surface area contributed by atoms with E-state index in [0.29, 0.717) is 11.3 Å². The minimum atomic E-state index is -0.587. The minimum Gasteiger partial charge on any atom is -0.321 e. The second-order valence-corrected chi connectivity index (χ2v) is 5.15. The number of nitriles is 1. The lowest BCUT2D eigenvalue weighted by molar-refractivity contribution is 0.102. The molecule has 20 heavy (non-hydrogen) atoms. The summed E-state index contributed by atoms with van der Waals surface area (Å²) in [5.41, 5.74) is 1.33. The monoisotopic (exact) mass is 332 g/mol. The van der Waals surface area contributed by atoms with Crippen molar-refractivity contribution in [3.63, 3.8) is 0 Å². The molecule has 0 atom stereocenters. The van der Waals surface area contributed by atoms with Gasteiger partial charge in [0.05, 0.1) is 16.8 Å². The summed E-state index contributed by atoms with van der Waals surface area (Å²) < 4.78 is 14.4. The molecular weight excluding hydrogens is 323 g/mol. The van der Waals surface area contributed by atoms with Gasteiger partial charge in [0.2, 0.25) is 0 Å². The smallest absolute Gasteiger partial charge is 0.258 e. The first-order valence-corrected chi connectivity index (χ1v) is 6.57. The van der Waals surface area contributed by atoms with Gasteiger partial charge in [-0.25, -0.2) is 4.39 Å². The zero-order valence-corrected chi connectivity index (χ0v) is 12.2. The second-order valence-electron chi connectivity index (χ2n) is 4.24. The normalized spacial score (nSPS) is 9.90. The van der Waals surface area contributed by atoms with Crippen LogP contribution in [0.1, 0.15) is 21.5 Å². The first kappa shape index (κ1) is 14.2. The maximum Gasteiger partial charge on any atom is 0.258 e. The third-order valence-electron chi connectivity index (χ3n) is 2.72. The predicted octanol–water partition coefficient (Wildman–Crippen LogP) is 4.02. The van der Waals surface area contributed by atoms with Gasteiger partial charge in [-0.3, -0.25) is 4.79 Å². The SMILES string of the molecule is Cc1ccc(C(=O)Nc2cc(Br)ccc2C#N)c(F)c1. The quantitative estimate of drug-likeness (QED) is 0.902. The Balaban J connectivity index is 2.33. The van der Waals surface area contributed by atoms with Crippen LogP contribution in [0.5, 0.6) is 0 Å². The van der Waals surface area contributed by atoms with Gasteiger partial charge in [-0.15, -0.1) is 0 Å². The molecule has 1 N–H and O–H groups in total. The van der Waals surface area contributed by atoms with Gasteiger partial charge in [0.25, 0.3) is 5.91 Å². The van der Waals surface area contributed by atoms with E-state index < -0.39 is 11.7 Å². The number of aryl methyl sites for hydroxylation is 1. The van der Waals surface area contributed by atoms with Crippen molar-refractivity contribution >= 4 is 27.5 Å². The van der Waals surface area contributed by atoms with Gasteiger partial charge in [0, 0.05) is 4.47 Å². The van der Waals surface area contributed by atoms with E-state index >= 15 is 0 Å². The Labute approximate surface area is 124 Å². The number of hydrogen-bond acceptors (Lipinski definition) is 2. The Kier molecular flexibility index (Phi) is 4.16. The van der Waals surface area contributed by atoms with Gasteiger partial charge in [-0.1, -0.05) is 22.0 Å². The molecule has 0 aliphatic carbocycles. The minimum absolute atomic E-state index is 0.0561. The van der Waals surface area contributed by atoms with Crippen LogP contribution < -0.4 is 5.32 Å². The van der Waals surface area contributed by atoms with E-state index in [1.165, 1.54) is 12.1 Å². The Hall–Kier alpha value is -2.19. The number of amides is 1. The van der Waals surface area contributed by atoms with Crippen LogP contribution in [0, 0.1) is 24.1 Å². The van der Waals surface area contributed by atoms with Crippen LogP contribution in [-0.2, 0) is 0 Å². The lowest BCUT2D eigenvalue weighted by atomic mass is 10.1. The Morgan fingerprint density at radius 3 is 2.70 bits per heavy atom. The zero-order chi connectivity index (χ0) is 14.7. The standard InChI is InChI=1S/C15H10BrFN2O/c1-9-2-5-12(13(17)6-9)15(20)19-14-7-11(16)4-3-10(14)8-18/h2-7H,1H3,(H,19,20). The number of carbonyl (C=O) groups excluding carboxylic acids is 1. The van der Waals surface area contributed by atoms with E-state index in [1.54, 1.807) is 31.2 Å².